The van der Waals surface area contributed by atoms with Gasteiger partial charge in [-0.3, -0.25) is 9.59 Å². The summed E-state index contributed by atoms with van der Waals surface area (Å²) < 4.78 is 0.961. The maximum atomic E-state index is 13.5. The molecule has 0 aromatic heterocycles. The van der Waals surface area contributed by atoms with E-state index in [2.05, 4.69) is 15.9 Å². The maximum absolute atomic E-state index is 13.5. The molecule has 0 spiro atoms. The van der Waals surface area contributed by atoms with Crippen LogP contribution in [0.15, 0.2) is 89.4 Å². The number of benzene rings is 3. The Morgan fingerprint density at radius 2 is 1.36 bits per heavy atom. The van der Waals surface area contributed by atoms with Crippen LogP contribution in [-0.4, -0.2) is 16.7 Å². The fraction of sp³-hybridized carbons (Fsp3) is 0.167. The van der Waals surface area contributed by atoms with E-state index in [0.29, 0.717) is 11.3 Å². The van der Waals surface area contributed by atoms with E-state index in [4.69, 9.17) is 0 Å². The molecular weight excluding hydrogens is 432 g/mol. The summed E-state index contributed by atoms with van der Waals surface area (Å²) in [6.45, 7) is 1.93. The molecule has 0 saturated heterocycles. The SMILES string of the molecule is CCSC(=O)C(C(=O)c1ccccc1)C(c1ccccc1)c1ccc(Br)cc1. The number of hydrogen-bond donors (Lipinski definition) is 0. The minimum absolute atomic E-state index is 0.0897. The summed E-state index contributed by atoms with van der Waals surface area (Å²) in [6.07, 6.45) is 0. The van der Waals surface area contributed by atoms with Crippen LogP contribution in [0.3, 0.4) is 0 Å². The number of thioether (sulfide) groups is 1. The smallest absolute Gasteiger partial charge is 0.200 e. The van der Waals surface area contributed by atoms with Gasteiger partial charge in [0, 0.05) is 16.0 Å². The summed E-state index contributed by atoms with van der Waals surface area (Å²) in [5.41, 5.74) is 2.48. The van der Waals surface area contributed by atoms with E-state index in [1.165, 1.54) is 11.8 Å². The first-order valence-electron chi connectivity index (χ1n) is 9.18. The number of ketones is 1. The van der Waals surface area contributed by atoms with Gasteiger partial charge in [0.05, 0.1) is 0 Å². The first kappa shape index (κ1) is 20.6. The Labute approximate surface area is 178 Å². The largest absolute Gasteiger partial charge is 0.293 e. The van der Waals surface area contributed by atoms with Gasteiger partial charge in [0.25, 0.3) is 0 Å². The molecule has 0 amide bonds. The molecule has 28 heavy (non-hydrogen) atoms. The van der Waals surface area contributed by atoms with Crippen molar-refractivity contribution in [3.05, 3.63) is 106 Å². The summed E-state index contributed by atoms with van der Waals surface area (Å²) >= 11 is 4.68. The van der Waals surface area contributed by atoms with Gasteiger partial charge in [0.15, 0.2) is 5.78 Å². The molecule has 4 heteroatoms. The van der Waals surface area contributed by atoms with Crippen molar-refractivity contribution < 1.29 is 9.59 Å². The molecule has 3 aromatic rings. The predicted molar refractivity (Wildman–Crippen MR) is 120 cm³/mol. The van der Waals surface area contributed by atoms with Crippen LogP contribution in [-0.2, 0) is 4.79 Å². The first-order chi connectivity index (χ1) is 13.6. The minimum Gasteiger partial charge on any atom is -0.293 e. The molecule has 0 aliphatic heterocycles. The number of rotatable bonds is 7. The molecule has 0 saturated carbocycles. The highest BCUT2D eigenvalue weighted by Crippen LogP contribution is 2.37. The van der Waals surface area contributed by atoms with Crippen molar-refractivity contribution in [3.8, 4) is 0 Å². The van der Waals surface area contributed by atoms with E-state index < -0.39 is 5.92 Å². The van der Waals surface area contributed by atoms with Crippen LogP contribution in [0.4, 0.5) is 0 Å². The van der Waals surface area contributed by atoms with Gasteiger partial charge >= 0.3 is 0 Å². The van der Waals surface area contributed by atoms with Crippen LogP contribution < -0.4 is 0 Å². The van der Waals surface area contributed by atoms with Gasteiger partial charge in [-0.05, 0) is 29.0 Å². The van der Waals surface area contributed by atoms with Crippen molar-refractivity contribution in [1.29, 1.82) is 0 Å². The molecule has 3 aromatic carbocycles. The summed E-state index contributed by atoms with van der Waals surface area (Å²) in [5.74, 6) is -0.619. The lowest BCUT2D eigenvalue weighted by Crippen LogP contribution is -2.30. The van der Waals surface area contributed by atoms with Gasteiger partial charge < -0.3 is 0 Å². The normalized spacial score (nSPS) is 12.9. The lowest BCUT2D eigenvalue weighted by atomic mass is 9.77. The molecule has 2 atom stereocenters. The Morgan fingerprint density at radius 1 is 0.821 bits per heavy atom. The number of carbonyl (C=O) groups is 2. The van der Waals surface area contributed by atoms with Crippen molar-refractivity contribution in [3.63, 3.8) is 0 Å². The number of hydrogen-bond acceptors (Lipinski definition) is 3. The molecule has 142 valence electrons. The highest BCUT2D eigenvalue weighted by Gasteiger charge is 2.37. The molecule has 0 bridgehead atoms. The summed E-state index contributed by atoms with van der Waals surface area (Å²) in [5, 5.41) is -0.0897. The van der Waals surface area contributed by atoms with E-state index in [1.54, 1.807) is 12.1 Å². The summed E-state index contributed by atoms with van der Waals surface area (Å²) in [7, 11) is 0. The maximum Gasteiger partial charge on any atom is 0.200 e. The van der Waals surface area contributed by atoms with Crippen LogP contribution in [0.1, 0.15) is 34.3 Å². The zero-order valence-electron chi connectivity index (χ0n) is 15.5. The van der Waals surface area contributed by atoms with E-state index in [-0.39, 0.29) is 16.8 Å². The third kappa shape index (κ3) is 4.81. The number of carbonyl (C=O) groups excluding carboxylic acids is 2. The van der Waals surface area contributed by atoms with E-state index in [1.807, 2.05) is 79.7 Å². The molecule has 0 aliphatic carbocycles. The molecule has 0 fully saturated rings. The monoisotopic (exact) mass is 452 g/mol. The quantitative estimate of drug-likeness (QED) is 0.308. The van der Waals surface area contributed by atoms with Gasteiger partial charge in [-0.25, -0.2) is 0 Å². The first-order valence-corrected chi connectivity index (χ1v) is 11.0. The fourth-order valence-electron chi connectivity index (χ4n) is 3.32. The number of Topliss-reactive ketones (excluding diaryl/α,β-unsaturated/α-hetero) is 1. The van der Waals surface area contributed by atoms with Crippen LogP contribution in [0, 0.1) is 5.92 Å². The van der Waals surface area contributed by atoms with Gasteiger partial charge in [0.1, 0.15) is 5.92 Å². The third-order valence-electron chi connectivity index (χ3n) is 4.60. The Bertz CT molecular complexity index is 924. The Hall–Kier alpha value is -2.17. The lowest BCUT2D eigenvalue weighted by Gasteiger charge is -2.26. The lowest BCUT2D eigenvalue weighted by molar-refractivity contribution is -0.113. The Kier molecular flexibility index (Phi) is 7.24. The van der Waals surface area contributed by atoms with E-state index >= 15 is 0 Å². The Balaban J connectivity index is 2.14. The van der Waals surface area contributed by atoms with Crippen LogP contribution in [0.5, 0.6) is 0 Å². The van der Waals surface area contributed by atoms with E-state index in [9.17, 15) is 9.59 Å². The standard InChI is InChI=1S/C24H21BrO2S/c1-2-28-24(27)22(23(26)19-11-7-4-8-12-19)21(17-9-5-3-6-10-17)18-13-15-20(25)16-14-18/h3-16,21-22H,2H2,1H3. The number of halogens is 1. The van der Waals surface area contributed by atoms with E-state index in [0.717, 1.165) is 15.6 Å². The fourth-order valence-corrected chi connectivity index (χ4v) is 4.29. The summed E-state index contributed by atoms with van der Waals surface area (Å²) in [6, 6.07) is 26.8. The van der Waals surface area contributed by atoms with Crippen molar-refractivity contribution >= 4 is 38.6 Å². The van der Waals surface area contributed by atoms with Crippen molar-refractivity contribution in [2.45, 2.75) is 12.8 Å². The molecule has 0 N–H and O–H groups in total. The molecule has 3 rings (SSSR count). The minimum atomic E-state index is -0.782. The highest BCUT2D eigenvalue weighted by atomic mass is 79.9. The van der Waals surface area contributed by atoms with Gasteiger partial charge in [-0.2, -0.15) is 0 Å². The zero-order chi connectivity index (χ0) is 19.9. The van der Waals surface area contributed by atoms with Crippen molar-refractivity contribution in [2.24, 2.45) is 5.92 Å². The van der Waals surface area contributed by atoms with Crippen molar-refractivity contribution in [1.82, 2.24) is 0 Å². The molecule has 2 unspecified atom stereocenters. The van der Waals surface area contributed by atoms with Crippen LogP contribution >= 0.6 is 27.7 Å². The van der Waals surface area contributed by atoms with Crippen LogP contribution in [0.25, 0.3) is 0 Å². The zero-order valence-corrected chi connectivity index (χ0v) is 17.9. The summed E-state index contributed by atoms with van der Waals surface area (Å²) in [4.78, 5) is 26.6. The molecule has 0 heterocycles. The average Bonchev–Trinajstić information content (AvgIpc) is 2.74. The second-order valence-corrected chi connectivity index (χ2v) is 8.58. The van der Waals surface area contributed by atoms with Gasteiger partial charge in [-0.1, -0.05) is 107 Å². The predicted octanol–water partition coefficient (Wildman–Crippen LogP) is 6.36. The van der Waals surface area contributed by atoms with Gasteiger partial charge in [-0.15, -0.1) is 0 Å². The highest BCUT2D eigenvalue weighted by molar-refractivity contribution is 9.10. The second-order valence-electron chi connectivity index (χ2n) is 6.40. The second kappa shape index (κ2) is 9.85. The Morgan fingerprint density at radius 3 is 1.93 bits per heavy atom. The topological polar surface area (TPSA) is 34.1 Å². The van der Waals surface area contributed by atoms with Crippen molar-refractivity contribution in [2.75, 3.05) is 5.75 Å². The third-order valence-corrected chi connectivity index (χ3v) is 5.96. The molecule has 0 radical (unpaired) electrons. The average molecular weight is 453 g/mol. The molecular formula is C24H21BrO2S. The van der Waals surface area contributed by atoms with Crippen LogP contribution in [0.2, 0.25) is 0 Å². The molecule has 0 aliphatic rings. The van der Waals surface area contributed by atoms with Gasteiger partial charge in [0.2, 0.25) is 5.12 Å². The molecule has 2 nitrogen and oxygen atoms in total.